The molecule has 0 fully saturated rings. The summed E-state index contributed by atoms with van der Waals surface area (Å²) in [4.78, 5) is 23.0. The number of carboxylic acid groups (broad SMARTS) is 1. The number of aromatic amines is 1. The van der Waals surface area contributed by atoms with Crippen LogP contribution in [-0.4, -0.2) is 26.0 Å². The molecule has 7 heteroatoms. The number of pyridine rings is 1. The number of hydrogen-bond acceptors (Lipinski definition) is 5. The lowest BCUT2D eigenvalue weighted by atomic mass is 10.0. The van der Waals surface area contributed by atoms with Crippen molar-refractivity contribution >= 4 is 35.0 Å². The van der Waals surface area contributed by atoms with E-state index in [1.54, 1.807) is 0 Å². The van der Waals surface area contributed by atoms with Gasteiger partial charge in [-0.3, -0.25) is 0 Å². The molecule has 0 bridgehead atoms. The van der Waals surface area contributed by atoms with Crippen LogP contribution >= 0.6 is 12.2 Å². The molecule has 4 aromatic rings. The Morgan fingerprint density at radius 3 is 2.26 bits per heavy atom. The van der Waals surface area contributed by atoms with Crippen LogP contribution in [0.4, 0.5) is 5.82 Å². The smallest absolute Gasteiger partial charge is 0.336 e. The van der Waals surface area contributed by atoms with Gasteiger partial charge in [0.1, 0.15) is 5.82 Å². The van der Waals surface area contributed by atoms with Crippen LogP contribution in [0.5, 0.6) is 0 Å². The van der Waals surface area contributed by atoms with Crippen LogP contribution in [0.25, 0.3) is 33.4 Å². The molecule has 132 valence electrons. The number of carbonyl (C=O) groups is 1. The van der Waals surface area contributed by atoms with Crippen LogP contribution in [0.1, 0.15) is 10.4 Å². The van der Waals surface area contributed by atoms with E-state index in [9.17, 15) is 9.90 Å². The average Bonchev–Trinajstić information content (AvgIpc) is 2.67. The monoisotopic (exact) mass is 374 g/mol. The number of H-pyrrole nitrogens is 1. The number of nitrogens with zero attached hydrogens (tertiary/aromatic N) is 2. The number of benzene rings is 2. The van der Waals surface area contributed by atoms with E-state index < -0.39 is 5.97 Å². The maximum Gasteiger partial charge on any atom is 0.336 e. The molecule has 0 unspecified atom stereocenters. The standard InChI is InChI=1S/C20H14N4O2S/c21-17-16-14(19(25)26)10-15(22-18(16)24-20(27)23-17)13-8-6-12(7-9-13)11-4-2-1-3-5-11/h1-10H,(H,25,26)(H3,21,22,23,24,27). The van der Waals surface area contributed by atoms with E-state index in [-0.39, 0.29) is 27.2 Å². The second kappa shape index (κ2) is 6.62. The molecule has 0 aliphatic carbocycles. The normalized spacial score (nSPS) is 10.8. The predicted octanol–water partition coefficient (Wildman–Crippen LogP) is 4.30. The molecular weight excluding hydrogens is 360 g/mol. The minimum atomic E-state index is -1.11. The SMILES string of the molecule is Nc1[nH]c(=S)nc2nc(-c3ccc(-c4ccccc4)cc3)cc(C(=O)O)c12. The van der Waals surface area contributed by atoms with E-state index in [4.69, 9.17) is 18.0 Å². The second-order valence-corrected chi connectivity index (χ2v) is 6.34. The van der Waals surface area contributed by atoms with E-state index >= 15 is 0 Å². The third-order valence-corrected chi connectivity index (χ3v) is 4.43. The van der Waals surface area contributed by atoms with E-state index in [1.165, 1.54) is 6.07 Å². The fraction of sp³-hybridized carbons (Fsp3) is 0. The summed E-state index contributed by atoms with van der Waals surface area (Å²) in [5.41, 5.74) is 9.56. The van der Waals surface area contributed by atoms with Gasteiger partial charge in [-0.05, 0) is 29.4 Å². The Bertz CT molecular complexity index is 1220. The Kier molecular flexibility index (Phi) is 4.13. The number of hydrogen-bond donors (Lipinski definition) is 3. The lowest BCUT2D eigenvalue weighted by Gasteiger charge is -2.09. The Morgan fingerprint density at radius 1 is 0.963 bits per heavy atom. The zero-order valence-corrected chi connectivity index (χ0v) is 14.8. The molecule has 0 saturated carbocycles. The van der Waals surface area contributed by atoms with Crippen molar-refractivity contribution in [1.82, 2.24) is 15.0 Å². The molecule has 0 aliphatic rings. The summed E-state index contributed by atoms with van der Waals surface area (Å²) in [5, 5.41) is 9.84. The van der Waals surface area contributed by atoms with Gasteiger partial charge < -0.3 is 15.8 Å². The van der Waals surface area contributed by atoms with Gasteiger partial charge in [0, 0.05) is 5.56 Å². The molecule has 0 aliphatic heterocycles. The summed E-state index contributed by atoms with van der Waals surface area (Å²) in [6.45, 7) is 0. The topological polar surface area (TPSA) is 105 Å². The van der Waals surface area contributed by atoms with Crippen LogP contribution in [0.3, 0.4) is 0 Å². The number of nitrogen functional groups attached to an aromatic ring is 1. The first-order valence-electron chi connectivity index (χ1n) is 8.12. The highest BCUT2D eigenvalue weighted by Crippen LogP contribution is 2.28. The molecule has 0 saturated heterocycles. The Balaban J connectivity index is 1.87. The summed E-state index contributed by atoms with van der Waals surface area (Å²) >= 11 is 5.03. The number of aromatic carboxylic acids is 1. The highest BCUT2D eigenvalue weighted by atomic mass is 32.1. The maximum atomic E-state index is 11.7. The highest BCUT2D eigenvalue weighted by Gasteiger charge is 2.16. The fourth-order valence-electron chi connectivity index (χ4n) is 2.96. The number of carboxylic acids is 1. The molecule has 0 radical (unpaired) electrons. The van der Waals surface area contributed by atoms with E-state index in [0.717, 1.165) is 16.7 Å². The van der Waals surface area contributed by atoms with Gasteiger partial charge in [0.05, 0.1) is 16.6 Å². The second-order valence-electron chi connectivity index (χ2n) is 5.96. The van der Waals surface area contributed by atoms with E-state index in [1.807, 2.05) is 54.6 Å². The molecule has 4 N–H and O–H groups in total. The first kappa shape index (κ1) is 16.9. The molecule has 6 nitrogen and oxygen atoms in total. The minimum absolute atomic E-state index is 0.0263. The van der Waals surface area contributed by atoms with Crippen molar-refractivity contribution in [3.05, 3.63) is 71.0 Å². The summed E-state index contributed by atoms with van der Waals surface area (Å²) in [6, 6.07) is 19.2. The average molecular weight is 374 g/mol. The van der Waals surface area contributed by atoms with Crippen molar-refractivity contribution in [2.45, 2.75) is 0 Å². The summed E-state index contributed by atoms with van der Waals surface area (Å²) < 4.78 is 0.153. The number of fused-ring (bicyclic) bond motifs is 1. The van der Waals surface area contributed by atoms with Gasteiger partial charge in [-0.1, -0.05) is 54.6 Å². The van der Waals surface area contributed by atoms with Gasteiger partial charge >= 0.3 is 5.97 Å². The quantitative estimate of drug-likeness (QED) is 0.462. The zero-order valence-electron chi connectivity index (χ0n) is 14.0. The number of nitrogens with one attached hydrogen (secondary N) is 1. The predicted molar refractivity (Wildman–Crippen MR) is 107 cm³/mol. The summed E-state index contributed by atoms with van der Waals surface area (Å²) in [6.07, 6.45) is 0. The van der Waals surface area contributed by atoms with Crippen molar-refractivity contribution in [2.24, 2.45) is 0 Å². The van der Waals surface area contributed by atoms with Crippen LogP contribution in [0, 0.1) is 4.77 Å². The third-order valence-electron chi connectivity index (χ3n) is 4.24. The first-order chi connectivity index (χ1) is 13.0. The Labute approximate surface area is 159 Å². The molecule has 0 amide bonds. The molecule has 0 atom stereocenters. The zero-order chi connectivity index (χ0) is 19.0. The number of anilines is 1. The third kappa shape index (κ3) is 3.16. The van der Waals surface area contributed by atoms with Crippen molar-refractivity contribution in [1.29, 1.82) is 0 Å². The Hall–Kier alpha value is -3.58. The van der Waals surface area contributed by atoms with E-state index in [2.05, 4.69) is 15.0 Å². The first-order valence-corrected chi connectivity index (χ1v) is 8.53. The maximum absolute atomic E-state index is 11.7. The number of rotatable bonds is 3. The minimum Gasteiger partial charge on any atom is -0.478 e. The van der Waals surface area contributed by atoms with Gasteiger partial charge in [0.25, 0.3) is 0 Å². The van der Waals surface area contributed by atoms with Crippen molar-refractivity contribution in [3.8, 4) is 22.4 Å². The van der Waals surface area contributed by atoms with Gasteiger partial charge in [0.15, 0.2) is 10.4 Å². The molecule has 0 spiro atoms. The van der Waals surface area contributed by atoms with Crippen LogP contribution in [-0.2, 0) is 0 Å². The van der Waals surface area contributed by atoms with Gasteiger partial charge in [-0.25, -0.2) is 9.78 Å². The fourth-order valence-corrected chi connectivity index (χ4v) is 3.16. The molecule has 4 rings (SSSR count). The summed E-state index contributed by atoms with van der Waals surface area (Å²) in [5.74, 6) is -0.968. The van der Waals surface area contributed by atoms with Crippen molar-refractivity contribution in [2.75, 3.05) is 5.73 Å². The molecular formula is C20H14N4O2S. The van der Waals surface area contributed by atoms with Crippen molar-refractivity contribution < 1.29 is 9.90 Å². The van der Waals surface area contributed by atoms with Gasteiger partial charge in [-0.15, -0.1) is 0 Å². The van der Waals surface area contributed by atoms with Crippen LogP contribution < -0.4 is 5.73 Å². The molecule has 2 aromatic carbocycles. The molecule has 2 aromatic heterocycles. The number of aromatic nitrogens is 3. The number of nitrogens with two attached hydrogens (primary N) is 1. The highest BCUT2D eigenvalue weighted by molar-refractivity contribution is 7.71. The molecule has 2 heterocycles. The lowest BCUT2D eigenvalue weighted by molar-refractivity contribution is 0.0699. The van der Waals surface area contributed by atoms with E-state index in [0.29, 0.717) is 5.69 Å². The van der Waals surface area contributed by atoms with Crippen LogP contribution in [0.15, 0.2) is 60.7 Å². The van der Waals surface area contributed by atoms with Crippen molar-refractivity contribution in [3.63, 3.8) is 0 Å². The largest absolute Gasteiger partial charge is 0.478 e. The summed E-state index contributed by atoms with van der Waals surface area (Å²) in [7, 11) is 0. The Morgan fingerprint density at radius 2 is 1.59 bits per heavy atom. The lowest BCUT2D eigenvalue weighted by Crippen LogP contribution is -2.05. The van der Waals surface area contributed by atoms with Gasteiger partial charge in [-0.2, -0.15) is 4.98 Å². The molecule has 27 heavy (non-hydrogen) atoms. The van der Waals surface area contributed by atoms with Crippen LogP contribution in [0.2, 0.25) is 0 Å². The van der Waals surface area contributed by atoms with Gasteiger partial charge in [0.2, 0.25) is 0 Å².